The molecule has 0 saturated heterocycles. The average molecular weight is 566 g/mol. The summed E-state index contributed by atoms with van der Waals surface area (Å²) in [5.74, 6) is 0.771. The summed E-state index contributed by atoms with van der Waals surface area (Å²) >= 11 is 0. The highest BCUT2D eigenvalue weighted by molar-refractivity contribution is 5.63. The van der Waals surface area contributed by atoms with Crippen LogP contribution in [0.2, 0.25) is 0 Å². The summed E-state index contributed by atoms with van der Waals surface area (Å²) in [5.41, 5.74) is 1.39. The van der Waals surface area contributed by atoms with Gasteiger partial charge in [-0.25, -0.2) is 9.59 Å². The molecule has 7 nitrogen and oxygen atoms in total. The van der Waals surface area contributed by atoms with E-state index in [2.05, 4.69) is 19.2 Å². The quantitative estimate of drug-likeness (QED) is 0.0920. The van der Waals surface area contributed by atoms with E-state index >= 15 is 0 Å². The standard InChI is InChI=1S/C33H59NO6/c1-5-7-9-11-13-15-17-19-21-23-25-37-32(35)39-30-27-31(29(4)34-28(30)3)40-33(36)38-26-24-22-20-18-16-14-12-10-8-6-2/h34H,5-27H2,1-4H3. The monoisotopic (exact) mass is 565 g/mol. The molecule has 0 radical (unpaired) electrons. The maximum absolute atomic E-state index is 12.2. The number of allylic oxidation sites excluding steroid dienone is 2. The Bertz CT molecular complexity index is 685. The van der Waals surface area contributed by atoms with Crippen molar-refractivity contribution in [2.75, 3.05) is 13.2 Å². The first kappa shape index (κ1) is 35.8. The van der Waals surface area contributed by atoms with E-state index < -0.39 is 12.3 Å². The second-order valence-corrected chi connectivity index (χ2v) is 11.2. The molecule has 0 bridgehead atoms. The van der Waals surface area contributed by atoms with Crippen LogP contribution in [0, 0.1) is 0 Å². The molecule has 7 heteroatoms. The molecule has 0 atom stereocenters. The van der Waals surface area contributed by atoms with Crippen molar-refractivity contribution in [2.24, 2.45) is 0 Å². The zero-order chi connectivity index (χ0) is 29.3. The van der Waals surface area contributed by atoms with Crippen molar-refractivity contribution >= 4 is 12.3 Å². The number of unbranched alkanes of at least 4 members (excludes halogenated alkanes) is 18. The van der Waals surface area contributed by atoms with Crippen LogP contribution in [-0.4, -0.2) is 25.5 Å². The first-order chi connectivity index (χ1) is 19.5. The number of dihydropyridines is 1. The van der Waals surface area contributed by atoms with Crippen LogP contribution in [0.1, 0.15) is 163 Å². The Balaban J connectivity index is 2.14. The number of hydrogen-bond acceptors (Lipinski definition) is 7. The minimum atomic E-state index is -0.727. The molecule has 0 aromatic carbocycles. The first-order valence-electron chi connectivity index (χ1n) is 16.3. The van der Waals surface area contributed by atoms with Gasteiger partial charge in [0.25, 0.3) is 0 Å². The molecule has 40 heavy (non-hydrogen) atoms. The van der Waals surface area contributed by atoms with Crippen LogP contribution < -0.4 is 5.32 Å². The zero-order valence-corrected chi connectivity index (χ0v) is 26.2. The lowest BCUT2D eigenvalue weighted by Crippen LogP contribution is -2.23. The third kappa shape index (κ3) is 19.0. The molecule has 0 aromatic heterocycles. The highest BCUT2D eigenvalue weighted by atomic mass is 16.7. The van der Waals surface area contributed by atoms with Crippen molar-refractivity contribution < 1.29 is 28.5 Å². The number of nitrogens with one attached hydrogen (secondary N) is 1. The Morgan fingerprint density at radius 3 is 1.15 bits per heavy atom. The van der Waals surface area contributed by atoms with Crippen LogP contribution in [0.15, 0.2) is 22.9 Å². The Morgan fingerprint density at radius 2 is 0.825 bits per heavy atom. The second-order valence-electron chi connectivity index (χ2n) is 11.2. The lowest BCUT2D eigenvalue weighted by Gasteiger charge is -2.22. The van der Waals surface area contributed by atoms with Gasteiger partial charge in [0.15, 0.2) is 0 Å². The predicted molar refractivity (Wildman–Crippen MR) is 162 cm³/mol. The van der Waals surface area contributed by atoms with Crippen LogP contribution >= 0.6 is 0 Å². The maximum Gasteiger partial charge on any atom is 0.513 e. The Morgan fingerprint density at radius 1 is 0.525 bits per heavy atom. The van der Waals surface area contributed by atoms with Gasteiger partial charge in [-0.3, -0.25) is 0 Å². The summed E-state index contributed by atoms with van der Waals surface area (Å²) in [6.45, 7) is 8.80. The zero-order valence-electron chi connectivity index (χ0n) is 26.2. The Labute approximate surface area is 244 Å². The van der Waals surface area contributed by atoms with Gasteiger partial charge in [0, 0.05) is 0 Å². The second kappa shape index (κ2) is 24.6. The van der Waals surface area contributed by atoms with Crippen molar-refractivity contribution in [1.29, 1.82) is 0 Å². The number of ether oxygens (including phenoxy) is 4. The third-order valence-electron chi connectivity index (χ3n) is 7.38. The molecular weight excluding hydrogens is 506 g/mol. The van der Waals surface area contributed by atoms with Crippen molar-refractivity contribution in [2.45, 2.75) is 163 Å². The topological polar surface area (TPSA) is 83.1 Å². The summed E-state index contributed by atoms with van der Waals surface area (Å²) in [7, 11) is 0. The van der Waals surface area contributed by atoms with Gasteiger partial charge >= 0.3 is 12.3 Å². The highest BCUT2D eigenvalue weighted by Crippen LogP contribution is 2.25. The van der Waals surface area contributed by atoms with Gasteiger partial charge in [0.2, 0.25) is 0 Å². The normalized spacial score (nSPS) is 13.3. The molecule has 0 amide bonds. The van der Waals surface area contributed by atoms with Crippen molar-refractivity contribution in [3.8, 4) is 0 Å². The molecule has 0 saturated carbocycles. The molecular formula is C33H59NO6. The Hall–Kier alpha value is -2.18. The summed E-state index contributed by atoms with van der Waals surface area (Å²) < 4.78 is 21.4. The minimum absolute atomic E-state index is 0.186. The van der Waals surface area contributed by atoms with E-state index in [1.54, 1.807) is 0 Å². The summed E-state index contributed by atoms with van der Waals surface area (Å²) in [5, 5.41) is 3.11. The van der Waals surface area contributed by atoms with Gasteiger partial charge in [0.05, 0.1) is 31.0 Å². The summed E-state index contributed by atoms with van der Waals surface area (Å²) in [4.78, 5) is 24.4. The fourth-order valence-corrected chi connectivity index (χ4v) is 4.81. The molecule has 0 aliphatic carbocycles. The van der Waals surface area contributed by atoms with E-state index in [4.69, 9.17) is 18.9 Å². The van der Waals surface area contributed by atoms with Gasteiger partial charge in [-0.2, -0.15) is 0 Å². The van der Waals surface area contributed by atoms with Gasteiger partial charge in [-0.15, -0.1) is 0 Å². The molecule has 1 heterocycles. The molecule has 1 aliphatic heterocycles. The van der Waals surface area contributed by atoms with Crippen LogP contribution in [0.5, 0.6) is 0 Å². The lowest BCUT2D eigenvalue weighted by atomic mass is 10.1. The van der Waals surface area contributed by atoms with Crippen LogP contribution in [0.3, 0.4) is 0 Å². The minimum Gasteiger partial charge on any atom is -0.434 e. The van der Waals surface area contributed by atoms with E-state index in [-0.39, 0.29) is 6.42 Å². The SMILES string of the molecule is CCCCCCCCCCCCOC(=O)OC1=C(C)NC(C)=C(OC(=O)OCCCCCCCCCCCC)C1. The predicted octanol–water partition coefficient (Wildman–Crippen LogP) is 10.6. The van der Waals surface area contributed by atoms with Crippen LogP contribution in [0.4, 0.5) is 9.59 Å². The molecule has 0 unspecified atom stereocenters. The fraction of sp³-hybridized carbons (Fsp3) is 0.818. The molecule has 232 valence electrons. The summed E-state index contributed by atoms with van der Waals surface area (Å²) in [6.07, 6.45) is 23.2. The van der Waals surface area contributed by atoms with Gasteiger partial charge < -0.3 is 24.3 Å². The van der Waals surface area contributed by atoms with E-state index in [1.165, 1.54) is 103 Å². The lowest BCUT2D eigenvalue weighted by molar-refractivity contribution is 0.0633. The molecule has 0 aromatic rings. The molecule has 1 rings (SSSR count). The third-order valence-corrected chi connectivity index (χ3v) is 7.38. The van der Waals surface area contributed by atoms with Crippen molar-refractivity contribution in [3.63, 3.8) is 0 Å². The molecule has 1 N–H and O–H groups in total. The van der Waals surface area contributed by atoms with Crippen molar-refractivity contribution in [1.82, 2.24) is 5.32 Å². The van der Waals surface area contributed by atoms with Crippen LogP contribution in [0.25, 0.3) is 0 Å². The van der Waals surface area contributed by atoms with Gasteiger partial charge in [0.1, 0.15) is 11.5 Å². The molecule has 1 aliphatic rings. The van der Waals surface area contributed by atoms with Crippen LogP contribution in [-0.2, 0) is 18.9 Å². The largest absolute Gasteiger partial charge is 0.513 e. The number of rotatable bonds is 24. The summed E-state index contributed by atoms with van der Waals surface area (Å²) in [6, 6.07) is 0. The fourth-order valence-electron chi connectivity index (χ4n) is 4.81. The van der Waals surface area contributed by atoms with Crippen molar-refractivity contribution in [3.05, 3.63) is 22.9 Å². The average Bonchev–Trinajstić information content (AvgIpc) is 2.93. The van der Waals surface area contributed by atoms with Gasteiger partial charge in [-0.05, 0) is 26.7 Å². The molecule has 0 spiro atoms. The van der Waals surface area contributed by atoms with E-state index in [0.717, 1.165) is 25.7 Å². The van der Waals surface area contributed by atoms with E-state index in [0.29, 0.717) is 36.1 Å². The van der Waals surface area contributed by atoms with Gasteiger partial charge in [-0.1, -0.05) is 129 Å². The number of carbonyl (C=O) groups excluding carboxylic acids is 2. The number of hydrogen-bond donors (Lipinski definition) is 1. The number of carbonyl (C=O) groups is 2. The van der Waals surface area contributed by atoms with E-state index in [1.807, 2.05) is 13.8 Å². The van der Waals surface area contributed by atoms with E-state index in [9.17, 15) is 9.59 Å². The molecule has 0 fully saturated rings. The highest BCUT2D eigenvalue weighted by Gasteiger charge is 2.23. The smallest absolute Gasteiger partial charge is 0.434 e. The maximum atomic E-state index is 12.2. The first-order valence-corrected chi connectivity index (χ1v) is 16.3. The Kier molecular flexibility index (Phi) is 22.0.